The number of nitrogens with zero attached hydrogens (tertiary/aromatic N) is 3. The quantitative estimate of drug-likeness (QED) is 0.818. The molecule has 6 nitrogen and oxygen atoms in total. The zero-order valence-corrected chi connectivity index (χ0v) is 10.4. The van der Waals surface area contributed by atoms with Crippen molar-refractivity contribution in [1.82, 2.24) is 19.6 Å². The second kappa shape index (κ2) is 5.05. The standard InChI is InChI=1S/C12H16N4O2/c1-15(2)7-5-13-12(18)9-8-16-6-3-4-10(17)11(16)14-9/h3-4,6,8,17H,5,7H2,1-2H3,(H,13,18). The summed E-state index contributed by atoms with van der Waals surface area (Å²) in [7, 11) is 3.88. The molecule has 1 amide bonds. The molecular formula is C12H16N4O2. The van der Waals surface area contributed by atoms with Gasteiger partial charge >= 0.3 is 0 Å². The Balaban J connectivity index is 2.11. The summed E-state index contributed by atoms with van der Waals surface area (Å²) in [5, 5.41) is 12.4. The first-order chi connectivity index (χ1) is 8.58. The molecule has 0 saturated carbocycles. The van der Waals surface area contributed by atoms with Gasteiger partial charge in [-0.1, -0.05) is 0 Å². The molecule has 0 aliphatic carbocycles. The van der Waals surface area contributed by atoms with Crippen LogP contribution in [0.3, 0.4) is 0 Å². The van der Waals surface area contributed by atoms with Gasteiger partial charge in [0, 0.05) is 25.5 Å². The zero-order chi connectivity index (χ0) is 13.1. The predicted octanol–water partition coefficient (Wildman–Crippen LogP) is 0.331. The van der Waals surface area contributed by atoms with Crippen LogP contribution in [0, 0.1) is 0 Å². The van der Waals surface area contributed by atoms with Crippen molar-refractivity contribution in [2.24, 2.45) is 0 Å². The Bertz CT molecular complexity index is 562. The van der Waals surface area contributed by atoms with Gasteiger partial charge in [0.15, 0.2) is 11.4 Å². The van der Waals surface area contributed by atoms with Crippen molar-refractivity contribution in [2.45, 2.75) is 0 Å². The zero-order valence-electron chi connectivity index (χ0n) is 10.4. The summed E-state index contributed by atoms with van der Waals surface area (Å²) >= 11 is 0. The Morgan fingerprint density at radius 3 is 3.00 bits per heavy atom. The van der Waals surface area contributed by atoms with E-state index in [-0.39, 0.29) is 11.7 Å². The number of carbonyl (C=O) groups excluding carboxylic acids is 1. The van der Waals surface area contributed by atoms with E-state index in [9.17, 15) is 9.90 Å². The molecule has 2 aromatic rings. The van der Waals surface area contributed by atoms with E-state index in [0.29, 0.717) is 17.9 Å². The molecule has 2 aromatic heterocycles. The molecule has 96 valence electrons. The molecule has 0 spiro atoms. The van der Waals surface area contributed by atoms with Gasteiger partial charge in [0.25, 0.3) is 5.91 Å². The van der Waals surface area contributed by atoms with Crippen molar-refractivity contribution in [1.29, 1.82) is 0 Å². The van der Waals surface area contributed by atoms with Crippen LogP contribution in [-0.2, 0) is 0 Å². The lowest BCUT2D eigenvalue weighted by atomic mass is 10.4. The van der Waals surface area contributed by atoms with Gasteiger partial charge in [-0.25, -0.2) is 4.98 Å². The average molecular weight is 248 g/mol. The number of hydrogen-bond acceptors (Lipinski definition) is 4. The van der Waals surface area contributed by atoms with Crippen molar-refractivity contribution < 1.29 is 9.90 Å². The van der Waals surface area contributed by atoms with Gasteiger partial charge in [0.05, 0.1) is 0 Å². The number of nitrogens with one attached hydrogen (secondary N) is 1. The van der Waals surface area contributed by atoms with Crippen molar-refractivity contribution in [2.75, 3.05) is 27.2 Å². The number of hydrogen-bond donors (Lipinski definition) is 2. The molecular weight excluding hydrogens is 232 g/mol. The number of fused-ring (bicyclic) bond motifs is 1. The first-order valence-corrected chi connectivity index (χ1v) is 5.67. The fourth-order valence-corrected chi connectivity index (χ4v) is 1.59. The SMILES string of the molecule is CN(C)CCNC(=O)c1cn2cccc(O)c2n1. The minimum absolute atomic E-state index is 0.0600. The average Bonchev–Trinajstić information content (AvgIpc) is 2.74. The number of carbonyl (C=O) groups is 1. The minimum atomic E-state index is -0.236. The van der Waals surface area contributed by atoms with Crippen LogP contribution in [0.1, 0.15) is 10.5 Å². The van der Waals surface area contributed by atoms with E-state index in [0.717, 1.165) is 6.54 Å². The highest BCUT2D eigenvalue weighted by molar-refractivity contribution is 5.93. The minimum Gasteiger partial charge on any atom is -0.504 e. The summed E-state index contributed by atoms with van der Waals surface area (Å²) in [4.78, 5) is 17.9. The van der Waals surface area contributed by atoms with Gasteiger partial charge in [-0.15, -0.1) is 0 Å². The van der Waals surface area contributed by atoms with Crippen LogP contribution in [0.5, 0.6) is 5.75 Å². The highest BCUT2D eigenvalue weighted by Gasteiger charge is 2.11. The molecule has 0 aromatic carbocycles. The van der Waals surface area contributed by atoms with Gasteiger partial charge in [-0.2, -0.15) is 0 Å². The van der Waals surface area contributed by atoms with Crippen LogP contribution in [0.4, 0.5) is 0 Å². The van der Waals surface area contributed by atoms with Crippen LogP contribution in [-0.4, -0.2) is 52.5 Å². The largest absolute Gasteiger partial charge is 0.504 e. The summed E-state index contributed by atoms with van der Waals surface area (Å²) in [6.45, 7) is 1.33. The summed E-state index contributed by atoms with van der Waals surface area (Å²) in [6.07, 6.45) is 3.33. The predicted molar refractivity (Wildman–Crippen MR) is 67.7 cm³/mol. The molecule has 0 radical (unpaired) electrons. The first kappa shape index (κ1) is 12.4. The molecule has 0 saturated heterocycles. The molecule has 6 heteroatoms. The summed E-state index contributed by atoms with van der Waals surface area (Å²) in [5.41, 5.74) is 0.686. The van der Waals surface area contributed by atoms with E-state index >= 15 is 0 Å². The number of imidazole rings is 1. The van der Waals surface area contributed by atoms with Crippen molar-refractivity contribution in [3.8, 4) is 5.75 Å². The molecule has 18 heavy (non-hydrogen) atoms. The summed E-state index contributed by atoms with van der Waals surface area (Å²) < 4.78 is 1.62. The highest BCUT2D eigenvalue weighted by atomic mass is 16.3. The normalized spacial score (nSPS) is 11.1. The van der Waals surface area contributed by atoms with Crippen LogP contribution in [0.2, 0.25) is 0 Å². The maximum absolute atomic E-state index is 11.8. The number of amides is 1. The van der Waals surface area contributed by atoms with Gasteiger partial charge in [0.2, 0.25) is 0 Å². The third-order valence-electron chi connectivity index (χ3n) is 2.54. The molecule has 0 aliphatic rings. The number of pyridine rings is 1. The van der Waals surface area contributed by atoms with Crippen molar-refractivity contribution in [3.05, 3.63) is 30.2 Å². The Hall–Kier alpha value is -2.08. The number of aromatic hydroxyl groups is 1. The molecule has 0 atom stereocenters. The third kappa shape index (κ3) is 2.60. The maximum atomic E-state index is 11.8. The smallest absolute Gasteiger partial charge is 0.271 e. The van der Waals surface area contributed by atoms with Gasteiger partial charge in [0.1, 0.15) is 5.69 Å². The lowest BCUT2D eigenvalue weighted by Gasteiger charge is -2.09. The Kier molecular flexibility index (Phi) is 3.47. The second-order valence-corrected chi connectivity index (χ2v) is 4.31. The Labute approximate surface area is 105 Å². The third-order valence-corrected chi connectivity index (χ3v) is 2.54. The van der Waals surface area contributed by atoms with E-state index in [4.69, 9.17) is 0 Å². The highest BCUT2D eigenvalue weighted by Crippen LogP contribution is 2.16. The van der Waals surface area contributed by atoms with Crippen LogP contribution < -0.4 is 5.32 Å². The Morgan fingerprint density at radius 1 is 1.56 bits per heavy atom. The van der Waals surface area contributed by atoms with Gasteiger partial charge in [-0.05, 0) is 26.2 Å². The van der Waals surface area contributed by atoms with Crippen molar-refractivity contribution in [3.63, 3.8) is 0 Å². The van der Waals surface area contributed by atoms with Crippen molar-refractivity contribution >= 4 is 11.6 Å². The molecule has 0 fully saturated rings. The second-order valence-electron chi connectivity index (χ2n) is 4.31. The van der Waals surface area contributed by atoms with E-state index in [2.05, 4.69) is 10.3 Å². The van der Waals surface area contributed by atoms with Crippen LogP contribution >= 0.6 is 0 Å². The fourth-order valence-electron chi connectivity index (χ4n) is 1.59. The van der Waals surface area contributed by atoms with Crippen LogP contribution in [0.15, 0.2) is 24.5 Å². The number of likely N-dealkylation sites (N-methyl/N-ethyl adjacent to an activating group) is 1. The number of aromatic nitrogens is 2. The molecule has 0 aliphatic heterocycles. The molecule has 0 unspecified atom stereocenters. The van der Waals surface area contributed by atoms with E-state index in [1.165, 1.54) is 6.07 Å². The lowest BCUT2D eigenvalue weighted by molar-refractivity contribution is 0.0946. The summed E-state index contributed by atoms with van der Waals surface area (Å²) in [6, 6.07) is 3.23. The van der Waals surface area contributed by atoms with E-state index < -0.39 is 0 Å². The molecule has 2 N–H and O–H groups in total. The van der Waals surface area contributed by atoms with Gasteiger partial charge in [-0.3, -0.25) is 4.79 Å². The number of rotatable bonds is 4. The van der Waals surface area contributed by atoms with Crippen LogP contribution in [0.25, 0.3) is 5.65 Å². The Morgan fingerprint density at radius 2 is 2.33 bits per heavy atom. The topological polar surface area (TPSA) is 69.9 Å². The maximum Gasteiger partial charge on any atom is 0.271 e. The van der Waals surface area contributed by atoms with E-state index in [1.54, 1.807) is 22.9 Å². The first-order valence-electron chi connectivity index (χ1n) is 5.67. The molecule has 2 rings (SSSR count). The van der Waals surface area contributed by atoms with Gasteiger partial charge < -0.3 is 19.7 Å². The molecule has 2 heterocycles. The summed E-state index contributed by atoms with van der Waals surface area (Å²) in [5.74, 6) is -0.176. The monoisotopic (exact) mass is 248 g/mol. The fraction of sp³-hybridized carbons (Fsp3) is 0.333. The van der Waals surface area contributed by atoms with E-state index in [1.807, 2.05) is 19.0 Å². The molecule has 0 bridgehead atoms. The lowest BCUT2D eigenvalue weighted by Crippen LogP contribution is -2.31.